The summed E-state index contributed by atoms with van der Waals surface area (Å²) in [5.41, 5.74) is 2.42. The van der Waals surface area contributed by atoms with Crippen molar-refractivity contribution in [1.82, 2.24) is 4.90 Å². The maximum atomic E-state index is 5.61. The van der Waals surface area contributed by atoms with Crippen molar-refractivity contribution in [3.63, 3.8) is 0 Å². The van der Waals surface area contributed by atoms with Crippen LogP contribution in [0, 0.1) is 0 Å². The quantitative estimate of drug-likeness (QED) is 0.648. The molecule has 0 amide bonds. The van der Waals surface area contributed by atoms with E-state index in [2.05, 4.69) is 29.2 Å². The molecule has 0 bridgehead atoms. The summed E-state index contributed by atoms with van der Waals surface area (Å²) in [6.45, 7) is 5.84. The van der Waals surface area contributed by atoms with Gasteiger partial charge >= 0.3 is 0 Å². The molecule has 0 saturated carbocycles. The molecule has 0 aliphatic carbocycles. The molecule has 17 heavy (non-hydrogen) atoms. The van der Waals surface area contributed by atoms with E-state index in [0.29, 0.717) is 13.2 Å². The average Bonchev–Trinajstić information content (AvgIpc) is 2.32. The smallest absolute Gasteiger partial charge is 0.0717 e. The van der Waals surface area contributed by atoms with Crippen molar-refractivity contribution in [2.24, 2.45) is 0 Å². The van der Waals surface area contributed by atoms with Crippen LogP contribution in [0.2, 0.25) is 0 Å². The minimum absolute atomic E-state index is 0.674. The normalized spacial score (nSPS) is 11.1. The van der Waals surface area contributed by atoms with Crippen LogP contribution in [-0.4, -0.2) is 38.8 Å². The molecule has 0 aliphatic heterocycles. The third kappa shape index (κ3) is 6.41. The van der Waals surface area contributed by atoms with E-state index in [1.807, 2.05) is 21.0 Å². The summed E-state index contributed by atoms with van der Waals surface area (Å²) < 4.78 is 11.0. The van der Waals surface area contributed by atoms with Gasteiger partial charge in [-0.2, -0.15) is 0 Å². The number of nitrogens with zero attached hydrogens (tertiary/aromatic N) is 1. The lowest BCUT2D eigenvalue weighted by Crippen LogP contribution is -2.17. The third-order valence-electron chi connectivity index (χ3n) is 2.42. The third-order valence-corrected chi connectivity index (χ3v) is 2.42. The zero-order valence-electron chi connectivity index (χ0n) is 11.1. The lowest BCUT2D eigenvalue weighted by Gasteiger charge is -2.10. The molecule has 0 atom stereocenters. The first-order valence-electron chi connectivity index (χ1n) is 6.10. The molecule has 96 valence electrons. The minimum Gasteiger partial charge on any atom is -0.377 e. The van der Waals surface area contributed by atoms with Crippen molar-refractivity contribution in [3.05, 3.63) is 35.4 Å². The van der Waals surface area contributed by atoms with Crippen LogP contribution in [0.15, 0.2) is 24.3 Å². The Balaban J connectivity index is 2.32. The van der Waals surface area contributed by atoms with Gasteiger partial charge in [0.2, 0.25) is 0 Å². The molecule has 1 aromatic carbocycles. The van der Waals surface area contributed by atoms with E-state index in [1.165, 1.54) is 11.1 Å². The van der Waals surface area contributed by atoms with Crippen molar-refractivity contribution >= 4 is 0 Å². The monoisotopic (exact) mass is 237 g/mol. The summed E-state index contributed by atoms with van der Waals surface area (Å²) in [7, 11) is 4.10. The summed E-state index contributed by atoms with van der Waals surface area (Å²) >= 11 is 0. The van der Waals surface area contributed by atoms with Crippen molar-refractivity contribution in [2.45, 2.75) is 20.1 Å². The minimum atomic E-state index is 0.674. The SMILES string of the molecule is CCOCc1cccc(COCCN(C)C)c1. The Kier molecular flexibility index (Phi) is 6.86. The molecule has 3 nitrogen and oxygen atoms in total. The molecule has 1 rings (SSSR count). The van der Waals surface area contributed by atoms with E-state index >= 15 is 0 Å². The Morgan fingerprint density at radius 2 is 1.71 bits per heavy atom. The van der Waals surface area contributed by atoms with E-state index in [1.54, 1.807) is 0 Å². The van der Waals surface area contributed by atoms with Crippen LogP contribution in [0.1, 0.15) is 18.1 Å². The number of likely N-dealkylation sites (N-methyl/N-ethyl adjacent to an activating group) is 1. The Morgan fingerprint density at radius 1 is 1.06 bits per heavy atom. The van der Waals surface area contributed by atoms with Crippen LogP contribution in [0.5, 0.6) is 0 Å². The molecule has 0 fully saturated rings. The largest absolute Gasteiger partial charge is 0.377 e. The second kappa shape index (κ2) is 8.23. The van der Waals surface area contributed by atoms with E-state index in [4.69, 9.17) is 9.47 Å². The van der Waals surface area contributed by atoms with Crippen molar-refractivity contribution in [2.75, 3.05) is 33.9 Å². The maximum Gasteiger partial charge on any atom is 0.0717 e. The average molecular weight is 237 g/mol. The highest BCUT2D eigenvalue weighted by atomic mass is 16.5. The van der Waals surface area contributed by atoms with Gasteiger partial charge in [0.15, 0.2) is 0 Å². The molecule has 0 saturated heterocycles. The zero-order valence-corrected chi connectivity index (χ0v) is 11.1. The highest BCUT2D eigenvalue weighted by Gasteiger charge is 1.97. The van der Waals surface area contributed by atoms with Crippen molar-refractivity contribution in [1.29, 1.82) is 0 Å². The molecule has 0 aliphatic rings. The molecule has 3 heteroatoms. The highest BCUT2D eigenvalue weighted by molar-refractivity contribution is 5.22. The molecule has 0 aromatic heterocycles. The number of hydrogen-bond donors (Lipinski definition) is 0. The number of rotatable bonds is 8. The topological polar surface area (TPSA) is 21.7 Å². The predicted molar refractivity (Wildman–Crippen MR) is 70.0 cm³/mol. The number of benzene rings is 1. The summed E-state index contributed by atoms with van der Waals surface area (Å²) in [5.74, 6) is 0. The second-order valence-electron chi connectivity index (χ2n) is 4.31. The zero-order chi connectivity index (χ0) is 12.5. The van der Waals surface area contributed by atoms with E-state index < -0.39 is 0 Å². The van der Waals surface area contributed by atoms with Gasteiger partial charge < -0.3 is 14.4 Å². The molecule has 0 N–H and O–H groups in total. The van der Waals surface area contributed by atoms with Gasteiger partial charge in [-0.15, -0.1) is 0 Å². The summed E-state index contributed by atoms with van der Waals surface area (Å²) in [5, 5.41) is 0. The van der Waals surface area contributed by atoms with E-state index in [-0.39, 0.29) is 0 Å². The fraction of sp³-hybridized carbons (Fsp3) is 0.571. The molecule has 0 spiro atoms. The summed E-state index contributed by atoms with van der Waals surface area (Å²) in [6, 6.07) is 8.37. The number of ether oxygens (including phenoxy) is 2. The first kappa shape index (κ1) is 14.2. The fourth-order valence-corrected chi connectivity index (χ4v) is 1.47. The van der Waals surface area contributed by atoms with Gasteiger partial charge in [-0.1, -0.05) is 24.3 Å². The van der Waals surface area contributed by atoms with Crippen LogP contribution in [0.25, 0.3) is 0 Å². The van der Waals surface area contributed by atoms with Gasteiger partial charge in [0, 0.05) is 13.2 Å². The van der Waals surface area contributed by atoms with E-state index in [0.717, 1.165) is 19.8 Å². The fourth-order valence-electron chi connectivity index (χ4n) is 1.47. The lowest BCUT2D eigenvalue weighted by atomic mass is 10.1. The summed E-state index contributed by atoms with van der Waals surface area (Å²) in [4.78, 5) is 2.12. The first-order chi connectivity index (χ1) is 8.22. The van der Waals surface area contributed by atoms with Crippen molar-refractivity contribution in [3.8, 4) is 0 Å². The number of hydrogen-bond acceptors (Lipinski definition) is 3. The molecule has 0 radical (unpaired) electrons. The van der Waals surface area contributed by atoms with Crippen LogP contribution in [0.3, 0.4) is 0 Å². The van der Waals surface area contributed by atoms with Gasteiger partial charge in [-0.25, -0.2) is 0 Å². The van der Waals surface area contributed by atoms with Gasteiger partial charge in [-0.3, -0.25) is 0 Å². The standard InChI is InChI=1S/C14H23NO2/c1-4-16-11-13-6-5-7-14(10-13)12-17-9-8-15(2)3/h5-7,10H,4,8-9,11-12H2,1-3H3. The van der Waals surface area contributed by atoms with E-state index in [9.17, 15) is 0 Å². The maximum absolute atomic E-state index is 5.61. The summed E-state index contributed by atoms with van der Waals surface area (Å²) in [6.07, 6.45) is 0. The van der Waals surface area contributed by atoms with Gasteiger partial charge in [-0.05, 0) is 32.1 Å². The lowest BCUT2D eigenvalue weighted by molar-refractivity contribution is 0.105. The van der Waals surface area contributed by atoms with Crippen molar-refractivity contribution < 1.29 is 9.47 Å². The molecule has 0 heterocycles. The first-order valence-corrected chi connectivity index (χ1v) is 6.10. The van der Waals surface area contributed by atoms with Crippen LogP contribution in [-0.2, 0) is 22.7 Å². The Morgan fingerprint density at radius 3 is 2.29 bits per heavy atom. The highest BCUT2D eigenvalue weighted by Crippen LogP contribution is 2.07. The van der Waals surface area contributed by atoms with Crippen LogP contribution < -0.4 is 0 Å². The van der Waals surface area contributed by atoms with Gasteiger partial charge in [0.05, 0.1) is 19.8 Å². The second-order valence-corrected chi connectivity index (χ2v) is 4.31. The predicted octanol–water partition coefficient (Wildman–Crippen LogP) is 2.30. The Hall–Kier alpha value is -0.900. The molecule has 1 aromatic rings. The van der Waals surface area contributed by atoms with Gasteiger partial charge in [0.25, 0.3) is 0 Å². The Bertz CT molecular complexity index is 313. The molecule has 0 unspecified atom stereocenters. The van der Waals surface area contributed by atoms with Crippen LogP contribution in [0.4, 0.5) is 0 Å². The molecular formula is C14H23NO2. The van der Waals surface area contributed by atoms with Gasteiger partial charge in [0.1, 0.15) is 0 Å². The molecular weight excluding hydrogens is 214 g/mol. The Labute approximate surface area is 104 Å². The van der Waals surface area contributed by atoms with Crippen LogP contribution >= 0.6 is 0 Å².